The number of hydrogen-bond donors (Lipinski definition) is 1. The lowest BCUT2D eigenvalue weighted by molar-refractivity contribution is 0.415. The van der Waals surface area contributed by atoms with Crippen molar-refractivity contribution in [2.45, 2.75) is 0 Å². The van der Waals surface area contributed by atoms with Gasteiger partial charge in [0.25, 0.3) is 0 Å². The number of H-pyrrole nitrogens is 1. The number of nitrogens with one attached hydrogen (secondary N) is 1. The fraction of sp³-hybridized carbons (Fsp3) is 0.136. The summed E-state index contributed by atoms with van der Waals surface area (Å²) in [6.07, 6.45) is 1.77. The van der Waals surface area contributed by atoms with E-state index in [4.69, 9.17) is 17.0 Å². The zero-order valence-corrected chi connectivity index (χ0v) is 17.3. The van der Waals surface area contributed by atoms with Crippen molar-refractivity contribution >= 4 is 34.9 Å². The Labute approximate surface area is 174 Å². The standard InChI is InChI=1S/C22H21N5OS/c1-26(2)17-11-8-16(9-12-17)21-24-25-22(29)27(21)23-14-19-18-7-5-4-6-15(18)10-13-20(19)28-3/h4-14H,1-3H3,(H,25,29). The van der Waals surface area contributed by atoms with Crippen LogP contribution in [-0.4, -0.2) is 42.3 Å². The van der Waals surface area contributed by atoms with Gasteiger partial charge in [0.1, 0.15) is 5.75 Å². The van der Waals surface area contributed by atoms with Crippen molar-refractivity contribution in [3.63, 3.8) is 0 Å². The van der Waals surface area contributed by atoms with Gasteiger partial charge in [0.05, 0.1) is 13.3 Å². The van der Waals surface area contributed by atoms with Gasteiger partial charge < -0.3 is 9.64 Å². The third-order valence-electron chi connectivity index (χ3n) is 4.75. The molecule has 146 valence electrons. The first-order valence-electron chi connectivity index (χ1n) is 9.14. The molecule has 0 saturated carbocycles. The van der Waals surface area contributed by atoms with Gasteiger partial charge in [-0.05, 0) is 53.3 Å². The maximum atomic E-state index is 5.55. The van der Waals surface area contributed by atoms with E-state index in [1.54, 1.807) is 18.0 Å². The molecule has 0 atom stereocenters. The third-order valence-corrected chi connectivity index (χ3v) is 5.01. The van der Waals surface area contributed by atoms with E-state index in [1.807, 2.05) is 67.5 Å². The second-order valence-corrected chi connectivity index (χ2v) is 7.14. The number of anilines is 1. The molecule has 6 nitrogen and oxygen atoms in total. The van der Waals surface area contributed by atoms with Crippen LogP contribution < -0.4 is 9.64 Å². The van der Waals surface area contributed by atoms with Gasteiger partial charge in [-0.25, -0.2) is 5.10 Å². The van der Waals surface area contributed by atoms with Gasteiger partial charge in [0, 0.05) is 30.9 Å². The second-order valence-electron chi connectivity index (χ2n) is 6.75. The molecule has 1 heterocycles. The van der Waals surface area contributed by atoms with Crippen LogP contribution in [0.15, 0.2) is 65.8 Å². The highest BCUT2D eigenvalue weighted by Crippen LogP contribution is 2.27. The summed E-state index contributed by atoms with van der Waals surface area (Å²) < 4.78 is 7.60. The van der Waals surface area contributed by atoms with Crippen LogP contribution in [0.5, 0.6) is 5.75 Å². The molecule has 0 radical (unpaired) electrons. The largest absolute Gasteiger partial charge is 0.496 e. The second kappa shape index (κ2) is 7.89. The fourth-order valence-electron chi connectivity index (χ4n) is 3.20. The minimum atomic E-state index is 0.423. The van der Waals surface area contributed by atoms with Gasteiger partial charge in [0.2, 0.25) is 4.77 Å². The molecule has 0 unspecified atom stereocenters. The SMILES string of the molecule is COc1ccc2ccccc2c1C=Nn1c(-c2ccc(N(C)C)cc2)n[nH]c1=S. The Hall–Kier alpha value is -3.45. The van der Waals surface area contributed by atoms with E-state index >= 15 is 0 Å². The van der Waals surface area contributed by atoms with Crippen LogP contribution in [0.25, 0.3) is 22.2 Å². The molecule has 0 aliphatic carbocycles. The zero-order valence-electron chi connectivity index (χ0n) is 16.5. The Morgan fingerprint density at radius 2 is 1.83 bits per heavy atom. The highest BCUT2D eigenvalue weighted by molar-refractivity contribution is 7.71. The maximum Gasteiger partial charge on any atom is 0.216 e. The Morgan fingerprint density at radius 3 is 2.55 bits per heavy atom. The van der Waals surface area contributed by atoms with Gasteiger partial charge in [-0.1, -0.05) is 30.3 Å². The van der Waals surface area contributed by atoms with Crippen molar-refractivity contribution in [1.82, 2.24) is 14.9 Å². The molecule has 0 aliphatic rings. The van der Waals surface area contributed by atoms with Gasteiger partial charge in [-0.2, -0.15) is 14.9 Å². The lowest BCUT2D eigenvalue weighted by Gasteiger charge is -2.12. The molecular weight excluding hydrogens is 382 g/mol. The van der Waals surface area contributed by atoms with E-state index in [-0.39, 0.29) is 0 Å². The number of benzene rings is 3. The molecule has 3 aromatic carbocycles. The van der Waals surface area contributed by atoms with Gasteiger partial charge >= 0.3 is 0 Å². The van der Waals surface area contributed by atoms with Crippen molar-refractivity contribution in [1.29, 1.82) is 0 Å². The number of nitrogens with zero attached hydrogens (tertiary/aromatic N) is 4. The Balaban J connectivity index is 1.78. The topological polar surface area (TPSA) is 58.4 Å². The number of rotatable bonds is 5. The molecule has 4 rings (SSSR count). The van der Waals surface area contributed by atoms with E-state index in [2.05, 4.69) is 27.4 Å². The van der Waals surface area contributed by atoms with Gasteiger partial charge in [-0.15, -0.1) is 0 Å². The first-order valence-corrected chi connectivity index (χ1v) is 9.54. The smallest absolute Gasteiger partial charge is 0.216 e. The molecule has 0 amide bonds. The monoisotopic (exact) mass is 403 g/mol. The number of ether oxygens (including phenoxy) is 1. The third kappa shape index (κ3) is 3.64. The lowest BCUT2D eigenvalue weighted by atomic mass is 10.0. The Morgan fingerprint density at radius 1 is 1.07 bits per heavy atom. The molecule has 0 fully saturated rings. The fourth-order valence-corrected chi connectivity index (χ4v) is 3.38. The minimum absolute atomic E-state index is 0.423. The summed E-state index contributed by atoms with van der Waals surface area (Å²) in [6.45, 7) is 0. The maximum absolute atomic E-state index is 5.55. The predicted molar refractivity (Wildman–Crippen MR) is 121 cm³/mol. The van der Waals surface area contributed by atoms with Crippen molar-refractivity contribution < 1.29 is 4.74 Å². The average molecular weight is 404 g/mol. The van der Waals surface area contributed by atoms with Crippen LogP contribution in [0.3, 0.4) is 0 Å². The van der Waals surface area contributed by atoms with Crippen LogP contribution in [0, 0.1) is 4.77 Å². The van der Waals surface area contributed by atoms with E-state index < -0.39 is 0 Å². The predicted octanol–water partition coefficient (Wildman–Crippen LogP) is 4.72. The van der Waals surface area contributed by atoms with Crippen molar-refractivity contribution in [2.24, 2.45) is 5.10 Å². The summed E-state index contributed by atoms with van der Waals surface area (Å²) in [5, 5.41) is 14.0. The van der Waals surface area contributed by atoms with Crippen molar-refractivity contribution in [3.8, 4) is 17.1 Å². The Bertz CT molecular complexity index is 1240. The minimum Gasteiger partial charge on any atom is -0.496 e. The first-order chi connectivity index (χ1) is 14.1. The highest BCUT2D eigenvalue weighted by atomic mass is 32.1. The summed E-state index contributed by atoms with van der Waals surface area (Å²) in [4.78, 5) is 2.05. The first kappa shape index (κ1) is 18.9. The van der Waals surface area contributed by atoms with Crippen LogP contribution in [0.2, 0.25) is 0 Å². The van der Waals surface area contributed by atoms with Crippen LogP contribution in [-0.2, 0) is 0 Å². The quantitative estimate of drug-likeness (QED) is 0.387. The summed E-state index contributed by atoms with van der Waals surface area (Å²) >= 11 is 5.40. The molecule has 0 aliphatic heterocycles. The molecule has 0 saturated heterocycles. The van der Waals surface area contributed by atoms with Crippen LogP contribution in [0.4, 0.5) is 5.69 Å². The number of hydrogen-bond acceptors (Lipinski definition) is 5. The molecule has 1 aromatic heterocycles. The van der Waals surface area contributed by atoms with Crippen LogP contribution in [0.1, 0.15) is 5.56 Å². The molecular formula is C22H21N5OS. The number of methoxy groups -OCH3 is 1. The zero-order chi connectivity index (χ0) is 20.4. The summed E-state index contributed by atoms with van der Waals surface area (Å²) in [5.74, 6) is 1.40. The number of aromatic amines is 1. The molecule has 4 aromatic rings. The summed E-state index contributed by atoms with van der Waals surface area (Å²) in [7, 11) is 5.67. The van der Waals surface area contributed by atoms with Gasteiger partial charge in [0.15, 0.2) is 5.82 Å². The number of fused-ring (bicyclic) bond motifs is 1. The molecule has 0 bridgehead atoms. The molecule has 29 heavy (non-hydrogen) atoms. The lowest BCUT2D eigenvalue weighted by Crippen LogP contribution is -2.08. The molecule has 7 heteroatoms. The normalized spacial score (nSPS) is 11.3. The van der Waals surface area contributed by atoms with E-state index in [9.17, 15) is 0 Å². The molecule has 1 N–H and O–H groups in total. The van der Waals surface area contributed by atoms with E-state index in [0.29, 0.717) is 10.6 Å². The average Bonchev–Trinajstić information content (AvgIpc) is 3.12. The summed E-state index contributed by atoms with van der Waals surface area (Å²) in [5.41, 5.74) is 2.92. The Kier molecular flexibility index (Phi) is 5.14. The summed E-state index contributed by atoms with van der Waals surface area (Å²) in [6, 6.07) is 20.2. The van der Waals surface area contributed by atoms with Crippen LogP contribution >= 0.6 is 12.2 Å². The van der Waals surface area contributed by atoms with Crippen molar-refractivity contribution in [3.05, 3.63) is 71.0 Å². The van der Waals surface area contributed by atoms with E-state index in [1.165, 1.54) is 0 Å². The molecule has 0 spiro atoms. The highest BCUT2D eigenvalue weighted by Gasteiger charge is 2.10. The van der Waals surface area contributed by atoms with E-state index in [0.717, 1.165) is 33.3 Å². The van der Waals surface area contributed by atoms with Crippen molar-refractivity contribution in [2.75, 3.05) is 26.1 Å². The number of aromatic nitrogens is 3. The van der Waals surface area contributed by atoms with Gasteiger partial charge in [-0.3, -0.25) is 0 Å².